The van der Waals surface area contributed by atoms with Crippen molar-refractivity contribution in [2.24, 2.45) is 17.4 Å². The molecule has 0 bridgehead atoms. The summed E-state index contributed by atoms with van der Waals surface area (Å²) in [7, 11) is 0. The summed E-state index contributed by atoms with van der Waals surface area (Å²) in [5.74, 6) is -8.32. The number of nitrogens with one attached hydrogen (secondary N) is 5. The van der Waals surface area contributed by atoms with Gasteiger partial charge in [-0.05, 0) is 31.7 Å². The van der Waals surface area contributed by atoms with Gasteiger partial charge in [0.2, 0.25) is 29.5 Å². The van der Waals surface area contributed by atoms with Gasteiger partial charge in [-0.3, -0.25) is 28.8 Å². The zero-order valence-electron chi connectivity index (χ0n) is 23.9. The molecule has 13 N–H and O–H groups in total. The minimum atomic E-state index is -1.63. The van der Waals surface area contributed by atoms with Gasteiger partial charge in [-0.1, -0.05) is 13.8 Å². The second-order valence-electron chi connectivity index (χ2n) is 9.85. The van der Waals surface area contributed by atoms with Crippen molar-refractivity contribution >= 4 is 54.1 Å². The van der Waals surface area contributed by atoms with E-state index in [4.69, 9.17) is 26.8 Å². The topological polar surface area (TPSA) is 313 Å². The molecule has 0 aliphatic rings. The number of thiol groups is 1. The van der Waals surface area contributed by atoms with Crippen LogP contribution in [0.15, 0.2) is 0 Å². The summed E-state index contributed by atoms with van der Waals surface area (Å²) in [6.07, 6.45) is 0.283. The molecule has 6 atom stereocenters. The average Bonchev–Trinajstić information content (AvgIpc) is 2.94. The first kappa shape index (κ1) is 39.5. The van der Waals surface area contributed by atoms with Gasteiger partial charge in [0.15, 0.2) is 0 Å². The minimum absolute atomic E-state index is 0.0782. The lowest BCUT2D eigenvalue weighted by Gasteiger charge is -2.27. The van der Waals surface area contributed by atoms with Crippen LogP contribution in [0.1, 0.15) is 39.5 Å². The van der Waals surface area contributed by atoms with E-state index >= 15 is 0 Å². The summed E-state index contributed by atoms with van der Waals surface area (Å²) in [4.78, 5) is 85.6. The molecule has 0 fully saturated rings. The second kappa shape index (κ2) is 20.4. The standard InChI is InChI=1S/C24H43N7O11S/c1-11(2)18(23(40)29-15(9-33)24(41)42)31-21(38)14(8-32)28-22(39)16(10-43)30-20(37)13(5-3-4-6-25)27-19(36)12(26)7-17(34)35/h11-16,18,32-33,43H,3-10,25-26H2,1-2H3,(H,27,36)(H,28,39)(H,29,40)(H,30,37)(H,31,38)(H,34,35)(H,41,42)/t12-,13-,14-,15-,16-,18-/m0/s1. The number of carboxylic acid groups (broad SMARTS) is 2. The fourth-order valence-electron chi connectivity index (χ4n) is 3.49. The van der Waals surface area contributed by atoms with Gasteiger partial charge in [-0.15, -0.1) is 0 Å². The zero-order chi connectivity index (χ0) is 33.3. The molecule has 5 amide bonds. The van der Waals surface area contributed by atoms with Gasteiger partial charge in [0.1, 0.15) is 30.2 Å². The maximum atomic E-state index is 13.0. The lowest BCUT2D eigenvalue weighted by atomic mass is 10.0. The number of nitrogens with two attached hydrogens (primary N) is 2. The van der Waals surface area contributed by atoms with Crippen LogP contribution in [0.4, 0.5) is 0 Å². The molecule has 0 aromatic heterocycles. The maximum absolute atomic E-state index is 13.0. The number of hydrogen-bond donors (Lipinski definition) is 12. The van der Waals surface area contributed by atoms with E-state index in [1.54, 1.807) is 0 Å². The molecule has 18 nitrogen and oxygen atoms in total. The Balaban J connectivity index is 5.55. The van der Waals surface area contributed by atoms with E-state index in [2.05, 4.69) is 39.2 Å². The molecule has 0 aromatic rings. The highest BCUT2D eigenvalue weighted by molar-refractivity contribution is 7.80. The lowest BCUT2D eigenvalue weighted by molar-refractivity contribution is -0.143. The molecule has 0 rings (SSSR count). The van der Waals surface area contributed by atoms with Gasteiger partial charge in [0.05, 0.1) is 25.7 Å². The molecule has 0 unspecified atom stereocenters. The van der Waals surface area contributed by atoms with Crippen molar-refractivity contribution in [1.29, 1.82) is 0 Å². The summed E-state index contributed by atoms with van der Waals surface area (Å²) in [5.41, 5.74) is 11.0. The lowest BCUT2D eigenvalue weighted by Crippen LogP contribution is -2.61. The van der Waals surface area contributed by atoms with E-state index in [1.807, 2.05) is 0 Å². The first-order chi connectivity index (χ1) is 20.1. The molecular formula is C24H43N7O11S. The van der Waals surface area contributed by atoms with Crippen LogP contribution in [0.5, 0.6) is 0 Å². The van der Waals surface area contributed by atoms with Crippen molar-refractivity contribution in [2.75, 3.05) is 25.5 Å². The number of amides is 5. The van der Waals surface area contributed by atoms with Crippen LogP contribution in [0.25, 0.3) is 0 Å². The Morgan fingerprint density at radius 3 is 1.65 bits per heavy atom. The maximum Gasteiger partial charge on any atom is 0.328 e. The molecule has 0 saturated heterocycles. The average molecular weight is 638 g/mol. The molecule has 43 heavy (non-hydrogen) atoms. The number of rotatable bonds is 21. The first-order valence-electron chi connectivity index (χ1n) is 13.4. The van der Waals surface area contributed by atoms with Crippen LogP contribution in [-0.4, -0.2) is 124 Å². The number of aliphatic hydroxyl groups excluding tert-OH is 2. The minimum Gasteiger partial charge on any atom is -0.481 e. The van der Waals surface area contributed by atoms with Gasteiger partial charge < -0.3 is 58.5 Å². The molecule has 246 valence electrons. The number of carbonyl (C=O) groups is 7. The van der Waals surface area contributed by atoms with Crippen LogP contribution in [-0.2, 0) is 33.6 Å². The monoisotopic (exact) mass is 637 g/mol. The van der Waals surface area contributed by atoms with E-state index in [-0.39, 0.29) is 12.2 Å². The summed E-state index contributed by atoms with van der Waals surface area (Å²) in [5, 5.41) is 48.1. The SMILES string of the molecule is CC(C)[C@H](NC(=O)[C@H](CO)NC(=O)[C@H](CS)NC(=O)[C@H](CCCCN)NC(=O)[C@@H](N)CC(=O)O)C(=O)N[C@@H](CO)C(=O)O. The van der Waals surface area contributed by atoms with Gasteiger partial charge in [0.25, 0.3) is 0 Å². The van der Waals surface area contributed by atoms with Crippen molar-refractivity contribution in [1.82, 2.24) is 26.6 Å². The van der Waals surface area contributed by atoms with E-state index in [0.717, 1.165) is 0 Å². The van der Waals surface area contributed by atoms with Crippen LogP contribution in [0.3, 0.4) is 0 Å². The molecule has 0 heterocycles. The van der Waals surface area contributed by atoms with Crippen molar-refractivity contribution in [3.63, 3.8) is 0 Å². The van der Waals surface area contributed by atoms with Crippen molar-refractivity contribution < 1.29 is 54.0 Å². The Labute approximate surface area is 253 Å². The second-order valence-corrected chi connectivity index (χ2v) is 10.2. The fourth-order valence-corrected chi connectivity index (χ4v) is 3.75. The Kier molecular flexibility index (Phi) is 18.7. The number of carbonyl (C=O) groups excluding carboxylic acids is 5. The molecule has 0 aliphatic carbocycles. The van der Waals surface area contributed by atoms with Crippen molar-refractivity contribution in [3.8, 4) is 0 Å². The number of hydrogen-bond acceptors (Lipinski definition) is 12. The first-order valence-corrected chi connectivity index (χ1v) is 14.0. The molecule has 0 saturated carbocycles. The van der Waals surface area contributed by atoms with Crippen molar-refractivity contribution in [2.45, 2.75) is 75.8 Å². The van der Waals surface area contributed by atoms with Crippen LogP contribution < -0.4 is 38.1 Å². The summed E-state index contributed by atoms with van der Waals surface area (Å²) in [6, 6.07) is -8.57. The number of aliphatic carboxylic acids is 2. The molecular weight excluding hydrogens is 594 g/mol. The van der Waals surface area contributed by atoms with Crippen LogP contribution in [0.2, 0.25) is 0 Å². The highest BCUT2D eigenvalue weighted by atomic mass is 32.1. The quantitative estimate of drug-likeness (QED) is 0.0415. The van der Waals surface area contributed by atoms with Crippen molar-refractivity contribution in [3.05, 3.63) is 0 Å². The predicted octanol–water partition coefficient (Wildman–Crippen LogP) is -5.00. The highest BCUT2D eigenvalue weighted by Gasteiger charge is 2.33. The number of unbranched alkanes of at least 4 members (excludes halogenated alkanes) is 1. The number of aliphatic hydroxyl groups is 2. The third kappa shape index (κ3) is 14.5. The predicted molar refractivity (Wildman–Crippen MR) is 153 cm³/mol. The Morgan fingerprint density at radius 2 is 1.19 bits per heavy atom. The summed E-state index contributed by atoms with van der Waals surface area (Å²) in [6.45, 7) is 1.54. The van der Waals surface area contributed by atoms with Gasteiger partial charge >= 0.3 is 11.9 Å². The number of carboxylic acids is 2. The van der Waals surface area contributed by atoms with Gasteiger partial charge in [-0.2, -0.15) is 12.6 Å². The van der Waals surface area contributed by atoms with E-state index in [0.29, 0.717) is 19.4 Å². The molecule has 0 aromatic carbocycles. The zero-order valence-corrected chi connectivity index (χ0v) is 24.8. The molecule has 0 radical (unpaired) electrons. The molecule has 0 spiro atoms. The van der Waals surface area contributed by atoms with Crippen LogP contribution >= 0.6 is 12.6 Å². The smallest absolute Gasteiger partial charge is 0.328 e. The molecule has 19 heteroatoms. The van der Waals surface area contributed by atoms with Gasteiger partial charge in [-0.25, -0.2) is 4.79 Å². The van der Waals surface area contributed by atoms with E-state index in [1.165, 1.54) is 13.8 Å². The Hall–Kier alpha value is -3.52. The third-order valence-electron chi connectivity index (χ3n) is 5.99. The normalized spacial score (nSPS) is 15.2. The Bertz CT molecular complexity index is 985. The summed E-state index contributed by atoms with van der Waals surface area (Å²) < 4.78 is 0. The van der Waals surface area contributed by atoms with E-state index in [9.17, 15) is 38.7 Å². The Morgan fingerprint density at radius 1 is 0.698 bits per heavy atom. The highest BCUT2D eigenvalue weighted by Crippen LogP contribution is 2.06. The summed E-state index contributed by atoms with van der Waals surface area (Å²) >= 11 is 4.04. The van der Waals surface area contributed by atoms with Gasteiger partial charge in [0, 0.05) is 5.75 Å². The fraction of sp³-hybridized carbons (Fsp3) is 0.708. The largest absolute Gasteiger partial charge is 0.481 e. The molecule has 0 aliphatic heterocycles. The van der Waals surface area contributed by atoms with E-state index < -0.39 is 103 Å². The van der Waals surface area contributed by atoms with Crippen LogP contribution in [0, 0.1) is 5.92 Å². The third-order valence-corrected chi connectivity index (χ3v) is 6.35.